The van der Waals surface area contributed by atoms with Gasteiger partial charge in [-0.2, -0.15) is 0 Å². The minimum Gasteiger partial charge on any atom is -0.489 e. The predicted octanol–water partition coefficient (Wildman–Crippen LogP) is 6.47. The highest BCUT2D eigenvalue weighted by Gasteiger charge is 2.16. The van der Waals surface area contributed by atoms with E-state index in [9.17, 15) is 4.79 Å². The van der Waals surface area contributed by atoms with Crippen LogP contribution in [0.15, 0.2) is 103 Å². The van der Waals surface area contributed by atoms with Crippen molar-refractivity contribution in [2.45, 2.75) is 26.0 Å². The van der Waals surface area contributed by atoms with E-state index in [1.165, 1.54) is 23.2 Å². The lowest BCUT2D eigenvalue weighted by Gasteiger charge is -2.31. The number of carbonyl (C=O) groups excluding carboxylic acids is 1. The van der Waals surface area contributed by atoms with E-state index in [0.717, 1.165) is 36.5 Å². The fraction of sp³-hybridized carbons (Fsp3) is 0.167. The zero-order valence-electron chi connectivity index (χ0n) is 19.1. The number of carbonyl (C=O) groups is 1. The fourth-order valence-corrected chi connectivity index (χ4v) is 4.34. The number of benzene rings is 4. The highest BCUT2D eigenvalue weighted by Crippen LogP contribution is 2.28. The average molecular weight is 449 g/mol. The molecular formula is C30H28N2O2. The summed E-state index contributed by atoms with van der Waals surface area (Å²) >= 11 is 0. The van der Waals surface area contributed by atoms with Crippen molar-refractivity contribution in [3.63, 3.8) is 0 Å². The van der Waals surface area contributed by atoms with E-state index in [-0.39, 0.29) is 5.91 Å². The zero-order valence-corrected chi connectivity index (χ0v) is 19.1. The summed E-state index contributed by atoms with van der Waals surface area (Å²) in [6.45, 7) is 2.43. The smallest absolute Gasteiger partial charge is 0.255 e. The summed E-state index contributed by atoms with van der Waals surface area (Å²) in [6, 6.07) is 34.1. The topological polar surface area (TPSA) is 41.6 Å². The van der Waals surface area contributed by atoms with Crippen molar-refractivity contribution in [1.29, 1.82) is 0 Å². The van der Waals surface area contributed by atoms with Gasteiger partial charge in [-0.05, 0) is 72.0 Å². The molecule has 1 N–H and O–H groups in total. The molecule has 0 fully saturated rings. The van der Waals surface area contributed by atoms with Crippen LogP contribution in [0, 0.1) is 0 Å². The molecule has 1 aliphatic rings. The first-order chi connectivity index (χ1) is 16.7. The van der Waals surface area contributed by atoms with Crippen molar-refractivity contribution in [1.82, 2.24) is 0 Å². The molecule has 0 aromatic heterocycles. The number of hydrogen-bond acceptors (Lipinski definition) is 3. The summed E-state index contributed by atoms with van der Waals surface area (Å²) in [5.41, 5.74) is 6.45. The van der Waals surface area contributed by atoms with Gasteiger partial charge in [-0.25, -0.2) is 0 Å². The number of amides is 1. The molecule has 0 radical (unpaired) electrons. The lowest BCUT2D eigenvalue weighted by Crippen LogP contribution is -2.28. The van der Waals surface area contributed by atoms with Crippen LogP contribution in [0.2, 0.25) is 0 Å². The molecular weight excluding hydrogens is 420 g/mol. The Balaban J connectivity index is 1.16. The van der Waals surface area contributed by atoms with Gasteiger partial charge in [0.25, 0.3) is 5.91 Å². The third-order valence-electron chi connectivity index (χ3n) is 6.16. The van der Waals surface area contributed by atoms with Gasteiger partial charge >= 0.3 is 0 Å². The molecule has 4 aromatic rings. The molecule has 0 aliphatic carbocycles. The number of nitrogens with one attached hydrogen (secondary N) is 1. The van der Waals surface area contributed by atoms with Gasteiger partial charge in [0.05, 0.1) is 0 Å². The highest BCUT2D eigenvalue weighted by atomic mass is 16.5. The number of nitrogens with zero attached hydrogens (tertiary/aromatic N) is 1. The Hall–Kier alpha value is -4.05. The summed E-state index contributed by atoms with van der Waals surface area (Å²) < 4.78 is 5.82. The van der Waals surface area contributed by atoms with E-state index in [4.69, 9.17) is 4.74 Å². The van der Waals surface area contributed by atoms with Crippen molar-refractivity contribution in [2.75, 3.05) is 16.8 Å². The van der Waals surface area contributed by atoms with E-state index in [1.54, 1.807) is 0 Å². The Morgan fingerprint density at radius 1 is 0.794 bits per heavy atom. The van der Waals surface area contributed by atoms with Gasteiger partial charge in [0.15, 0.2) is 0 Å². The highest BCUT2D eigenvalue weighted by molar-refractivity contribution is 6.04. The van der Waals surface area contributed by atoms with Gasteiger partial charge in [-0.1, -0.05) is 60.7 Å². The van der Waals surface area contributed by atoms with E-state index >= 15 is 0 Å². The van der Waals surface area contributed by atoms with Gasteiger partial charge < -0.3 is 15.0 Å². The Kier molecular flexibility index (Phi) is 6.57. The molecule has 0 unspecified atom stereocenters. The summed E-state index contributed by atoms with van der Waals surface area (Å²) in [6.07, 6.45) is 2.32. The van der Waals surface area contributed by atoms with Gasteiger partial charge in [0.1, 0.15) is 12.4 Å². The van der Waals surface area contributed by atoms with Crippen molar-refractivity contribution in [3.8, 4) is 5.75 Å². The normalized spacial score (nSPS) is 12.6. The maximum atomic E-state index is 12.7. The maximum absolute atomic E-state index is 12.7. The Morgan fingerprint density at radius 2 is 1.53 bits per heavy atom. The van der Waals surface area contributed by atoms with E-state index in [2.05, 4.69) is 34.5 Å². The largest absolute Gasteiger partial charge is 0.489 e. The molecule has 170 valence electrons. The maximum Gasteiger partial charge on any atom is 0.255 e. The number of aryl methyl sites for hydroxylation is 1. The number of anilines is 2. The lowest BCUT2D eigenvalue weighted by molar-refractivity contribution is 0.102. The molecule has 4 heteroatoms. The van der Waals surface area contributed by atoms with E-state index in [1.807, 2.05) is 78.9 Å². The van der Waals surface area contributed by atoms with Crippen LogP contribution in [-0.4, -0.2) is 12.5 Å². The third kappa shape index (κ3) is 5.29. The van der Waals surface area contributed by atoms with Crippen molar-refractivity contribution >= 4 is 17.3 Å². The van der Waals surface area contributed by atoms with Crippen LogP contribution >= 0.6 is 0 Å². The van der Waals surface area contributed by atoms with Crippen LogP contribution in [0.5, 0.6) is 5.75 Å². The second-order valence-corrected chi connectivity index (χ2v) is 8.60. The molecule has 0 saturated carbocycles. The molecule has 0 bridgehead atoms. The monoisotopic (exact) mass is 448 g/mol. The van der Waals surface area contributed by atoms with Crippen LogP contribution in [0.4, 0.5) is 11.4 Å². The zero-order chi connectivity index (χ0) is 23.2. The van der Waals surface area contributed by atoms with Gasteiger partial charge in [-0.3, -0.25) is 4.79 Å². The molecule has 0 saturated heterocycles. The number of hydrogen-bond donors (Lipinski definition) is 1. The molecule has 4 nitrogen and oxygen atoms in total. The van der Waals surface area contributed by atoms with Crippen LogP contribution in [-0.2, 0) is 19.6 Å². The standard InChI is InChI=1S/C30H28N2O2/c33-30(31-27-16-18-28(19-17-27)34-22-24-7-2-1-3-8-24)26-14-12-23(13-15-26)21-32-20-6-10-25-9-4-5-11-29(25)32/h1-5,7-9,11-19H,6,10,20-22H2,(H,31,33). The Labute approximate surface area is 200 Å². The summed E-state index contributed by atoms with van der Waals surface area (Å²) in [7, 11) is 0. The minimum absolute atomic E-state index is 0.118. The fourth-order valence-electron chi connectivity index (χ4n) is 4.34. The van der Waals surface area contributed by atoms with E-state index < -0.39 is 0 Å². The van der Waals surface area contributed by atoms with Gasteiger partial charge in [0.2, 0.25) is 0 Å². The predicted molar refractivity (Wildman–Crippen MR) is 137 cm³/mol. The molecule has 4 aromatic carbocycles. The summed E-state index contributed by atoms with van der Waals surface area (Å²) in [4.78, 5) is 15.1. The van der Waals surface area contributed by atoms with E-state index in [0.29, 0.717) is 12.2 Å². The summed E-state index contributed by atoms with van der Waals surface area (Å²) in [5.74, 6) is 0.651. The lowest BCUT2D eigenvalue weighted by atomic mass is 10.0. The first kappa shape index (κ1) is 21.8. The third-order valence-corrected chi connectivity index (χ3v) is 6.16. The first-order valence-corrected chi connectivity index (χ1v) is 11.7. The molecule has 34 heavy (non-hydrogen) atoms. The molecule has 0 spiro atoms. The van der Waals surface area contributed by atoms with Crippen LogP contribution in [0.3, 0.4) is 0 Å². The number of ether oxygens (including phenoxy) is 1. The molecule has 1 aliphatic heterocycles. The van der Waals surface area contributed by atoms with Gasteiger partial charge in [-0.15, -0.1) is 0 Å². The van der Waals surface area contributed by atoms with Crippen molar-refractivity contribution < 1.29 is 9.53 Å². The Morgan fingerprint density at radius 3 is 2.32 bits per heavy atom. The molecule has 0 atom stereocenters. The Bertz CT molecular complexity index is 1240. The SMILES string of the molecule is O=C(Nc1ccc(OCc2ccccc2)cc1)c1ccc(CN2CCCc3ccccc32)cc1. The molecule has 1 amide bonds. The molecule has 1 heterocycles. The van der Waals surface area contributed by atoms with Crippen molar-refractivity contribution in [2.24, 2.45) is 0 Å². The second-order valence-electron chi connectivity index (χ2n) is 8.60. The van der Waals surface area contributed by atoms with Crippen LogP contribution in [0.1, 0.15) is 33.5 Å². The van der Waals surface area contributed by atoms with Gasteiger partial charge in [0, 0.05) is 30.0 Å². The van der Waals surface area contributed by atoms with Crippen molar-refractivity contribution in [3.05, 3.63) is 125 Å². The second kappa shape index (κ2) is 10.3. The summed E-state index contributed by atoms with van der Waals surface area (Å²) in [5, 5.41) is 2.97. The number of rotatable bonds is 7. The first-order valence-electron chi connectivity index (χ1n) is 11.7. The number of fused-ring (bicyclic) bond motifs is 1. The molecule has 5 rings (SSSR count). The number of para-hydroxylation sites is 1. The average Bonchev–Trinajstić information content (AvgIpc) is 2.89. The quantitative estimate of drug-likeness (QED) is 0.352. The van der Waals surface area contributed by atoms with Crippen LogP contribution in [0.25, 0.3) is 0 Å². The van der Waals surface area contributed by atoms with Crippen LogP contribution < -0.4 is 15.0 Å². The minimum atomic E-state index is -0.118.